The SMILES string of the molecule is Cc1ccc(CN(Cc2ccccc2)C(=O)CN(CC2CCCO2)C(=O)NCc2ccccc2)o1. The van der Waals surface area contributed by atoms with Gasteiger partial charge in [0.15, 0.2) is 0 Å². The number of ether oxygens (including phenoxy) is 1. The first-order chi connectivity index (χ1) is 17.1. The Kier molecular flexibility index (Phi) is 8.57. The second-order valence-corrected chi connectivity index (χ2v) is 8.91. The molecular formula is C28H33N3O4. The summed E-state index contributed by atoms with van der Waals surface area (Å²) in [6, 6.07) is 23.1. The van der Waals surface area contributed by atoms with Gasteiger partial charge in [-0.3, -0.25) is 4.79 Å². The zero-order valence-electron chi connectivity index (χ0n) is 20.2. The van der Waals surface area contributed by atoms with Gasteiger partial charge < -0.3 is 24.3 Å². The van der Waals surface area contributed by atoms with E-state index in [1.54, 1.807) is 9.80 Å². The van der Waals surface area contributed by atoms with Crippen LogP contribution in [0.25, 0.3) is 0 Å². The first kappa shape index (κ1) is 24.5. The number of nitrogens with zero attached hydrogens (tertiary/aromatic N) is 2. The van der Waals surface area contributed by atoms with E-state index in [4.69, 9.17) is 9.15 Å². The quantitative estimate of drug-likeness (QED) is 0.468. The van der Waals surface area contributed by atoms with Crippen molar-refractivity contribution in [3.05, 3.63) is 95.4 Å². The van der Waals surface area contributed by atoms with Crippen LogP contribution in [0, 0.1) is 6.92 Å². The Labute approximate surface area is 206 Å². The van der Waals surface area contributed by atoms with Gasteiger partial charge in [-0.2, -0.15) is 0 Å². The molecule has 0 radical (unpaired) electrons. The fourth-order valence-corrected chi connectivity index (χ4v) is 4.20. The highest BCUT2D eigenvalue weighted by Crippen LogP contribution is 2.16. The number of urea groups is 1. The van der Waals surface area contributed by atoms with Crippen molar-refractivity contribution in [2.45, 2.75) is 45.5 Å². The third-order valence-electron chi connectivity index (χ3n) is 6.06. The molecule has 7 nitrogen and oxygen atoms in total. The Morgan fingerprint density at radius 3 is 2.26 bits per heavy atom. The molecule has 184 valence electrons. The van der Waals surface area contributed by atoms with Crippen LogP contribution in [0.1, 0.15) is 35.5 Å². The van der Waals surface area contributed by atoms with E-state index >= 15 is 0 Å². The lowest BCUT2D eigenvalue weighted by atomic mass is 10.2. The van der Waals surface area contributed by atoms with Crippen molar-refractivity contribution in [1.82, 2.24) is 15.1 Å². The van der Waals surface area contributed by atoms with E-state index in [1.807, 2.05) is 79.7 Å². The zero-order valence-corrected chi connectivity index (χ0v) is 20.2. The molecule has 0 spiro atoms. The van der Waals surface area contributed by atoms with E-state index in [2.05, 4.69) is 5.32 Å². The minimum Gasteiger partial charge on any atom is -0.464 e. The highest BCUT2D eigenvalue weighted by atomic mass is 16.5. The third-order valence-corrected chi connectivity index (χ3v) is 6.06. The van der Waals surface area contributed by atoms with Crippen molar-refractivity contribution in [1.29, 1.82) is 0 Å². The molecule has 2 aromatic carbocycles. The van der Waals surface area contributed by atoms with Crippen LogP contribution in [0.3, 0.4) is 0 Å². The van der Waals surface area contributed by atoms with Gasteiger partial charge in [-0.05, 0) is 43.0 Å². The number of carbonyl (C=O) groups excluding carboxylic acids is 2. The first-order valence-electron chi connectivity index (χ1n) is 12.1. The molecule has 1 aromatic heterocycles. The second kappa shape index (κ2) is 12.2. The highest BCUT2D eigenvalue weighted by molar-refractivity contribution is 5.84. The summed E-state index contributed by atoms with van der Waals surface area (Å²) >= 11 is 0. The predicted molar refractivity (Wildman–Crippen MR) is 133 cm³/mol. The summed E-state index contributed by atoms with van der Waals surface area (Å²) in [5.74, 6) is 1.37. The van der Waals surface area contributed by atoms with E-state index < -0.39 is 0 Å². The Morgan fingerprint density at radius 2 is 1.63 bits per heavy atom. The summed E-state index contributed by atoms with van der Waals surface area (Å²) in [4.78, 5) is 30.0. The summed E-state index contributed by atoms with van der Waals surface area (Å²) in [6.07, 6.45) is 1.80. The van der Waals surface area contributed by atoms with E-state index in [0.717, 1.165) is 29.7 Å². The van der Waals surface area contributed by atoms with Crippen LogP contribution in [0.2, 0.25) is 0 Å². The fraction of sp³-hybridized carbons (Fsp3) is 0.357. The molecule has 4 rings (SSSR count). The Hall–Kier alpha value is -3.58. The van der Waals surface area contributed by atoms with Gasteiger partial charge in [0.05, 0.1) is 12.6 Å². The van der Waals surface area contributed by atoms with Crippen LogP contribution in [0.5, 0.6) is 0 Å². The fourth-order valence-electron chi connectivity index (χ4n) is 4.20. The molecule has 7 heteroatoms. The van der Waals surface area contributed by atoms with Gasteiger partial charge in [0.25, 0.3) is 0 Å². The smallest absolute Gasteiger partial charge is 0.318 e. The van der Waals surface area contributed by atoms with E-state index in [9.17, 15) is 9.59 Å². The molecule has 1 aliphatic heterocycles. The van der Waals surface area contributed by atoms with Crippen molar-refractivity contribution in [2.75, 3.05) is 19.7 Å². The predicted octanol–water partition coefficient (Wildman–Crippen LogP) is 4.51. The molecule has 1 aliphatic rings. The molecule has 35 heavy (non-hydrogen) atoms. The number of carbonyl (C=O) groups is 2. The van der Waals surface area contributed by atoms with Crippen molar-refractivity contribution in [3.63, 3.8) is 0 Å². The maximum absolute atomic E-state index is 13.5. The molecule has 0 bridgehead atoms. The van der Waals surface area contributed by atoms with Crippen molar-refractivity contribution in [3.8, 4) is 0 Å². The minimum absolute atomic E-state index is 0.0347. The average Bonchev–Trinajstić information content (AvgIpc) is 3.54. The largest absolute Gasteiger partial charge is 0.464 e. The first-order valence-corrected chi connectivity index (χ1v) is 12.1. The maximum Gasteiger partial charge on any atom is 0.318 e. The molecular weight excluding hydrogens is 442 g/mol. The Bertz CT molecular complexity index is 1080. The highest BCUT2D eigenvalue weighted by Gasteiger charge is 2.27. The van der Waals surface area contributed by atoms with E-state index in [1.165, 1.54) is 0 Å². The van der Waals surface area contributed by atoms with Gasteiger partial charge in [0, 0.05) is 26.2 Å². The van der Waals surface area contributed by atoms with E-state index in [-0.39, 0.29) is 24.6 Å². The minimum atomic E-state index is -0.272. The van der Waals surface area contributed by atoms with Crippen LogP contribution in [-0.4, -0.2) is 47.5 Å². The molecule has 3 aromatic rings. The van der Waals surface area contributed by atoms with Crippen LogP contribution >= 0.6 is 0 Å². The van der Waals surface area contributed by atoms with Gasteiger partial charge in [0.2, 0.25) is 5.91 Å². The van der Waals surface area contributed by atoms with Crippen LogP contribution in [-0.2, 0) is 29.2 Å². The average molecular weight is 476 g/mol. The summed E-state index contributed by atoms with van der Waals surface area (Å²) < 4.78 is 11.5. The standard InChI is InChI=1S/C28H33N3O4/c1-22-14-15-26(35-22)20-30(18-24-11-6-3-7-12-24)27(32)21-31(19-25-13-8-16-34-25)28(33)29-17-23-9-4-2-5-10-23/h2-7,9-12,14-15,25H,8,13,16-21H2,1H3,(H,29,33). The van der Waals surface area contributed by atoms with Gasteiger partial charge in [-0.25, -0.2) is 4.79 Å². The van der Waals surface area contributed by atoms with Gasteiger partial charge in [0.1, 0.15) is 18.1 Å². The lowest BCUT2D eigenvalue weighted by molar-refractivity contribution is -0.133. The number of aryl methyl sites for hydroxylation is 1. The zero-order chi connectivity index (χ0) is 24.5. The monoisotopic (exact) mass is 475 g/mol. The second-order valence-electron chi connectivity index (χ2n) is 8.91. The Morgan fingerprint density at radius 1 is 0.914 bits per heavy atom. The third kappa shape index (κ3) is 7.45. The molecule has 3 amide bonds. The lowest BCUT2D eigenvalue weighted by Crippen LogP contribution is -2.48. The van der Waals surface area contributed by atoms with Crippen molar-refractivity contribution in [2.24, 2.45) is 0 Å². The number of hydrogen-bond donors (Lipinski definition) is 1. The number of rotatable bonds is 10. The van der Waals surface area contributed by atoms with Crippen LogP contribution in [0.4, 0.5) is 4.79 Å². The Balaban J connectivity index is 1.47. The van der Waals surface area contributed by atoms with Gasteiger partial charge in [-0.1, -0.05) is 60.7 Å². The van der Waals surface area contributed by atoms with Gasteiger partial charge in [-0.15, -0.1) is 0 Å². The number of hydrogen-bond acceptors (Lipinski definition) is 4. The van der Waals surface area contributed by atoms with E-state index in [0.29, 0.717) is 38.5 Å². The van der Waals surface area contributed by atoms with Gasteiger partial charge >= 0.3 is 6.03 Å². The molecule has 0 saturated carbocycles. The summed E-state index contributed by atoms with van der Waals surface area (Å²) in [5.41, 5.74) is 2.02. The topological polar surface area (TPSA) is 75.0 Å². The number of amides is 3. The summed E-state index contributed by atoms with van der Waals surface area (Å²) in [5, 5.41) is 2.96. The van der Waals surface area contributed by atoms with Crippen molar-refractivity contribution < 1.29 is 18.7 Å². The molecule has 1 N–H and O–H groups in total. The number of nitrogens with one attached hydrogen (secondary N) is 1. The molecule has 1 saturated heterocycles. The molecule has 1 unspecified atom stereocenters. The molecule has 0 aliphatic carbocycles. The summed E-state index contributed by atoms with van der Waals surface area (Å²) in [7, 11) is 0. The van der Waals surface area contributed by atoms with Crippen LogP contribution in [0.15, 0.2) is 77.2 Å². The van der Waals surface area contributed by atoms with Crippen LogP contribution < -0.4 is 5.32 Å². The normalized spacial score (nSPS) is 15.1. The number of benzene rings is 2. The maximum atomic E-state index is 13.5. The number of furan rings is 1. The summed E-state index contributed by atoms with van der Waals surface area (Å²) in [6.45, 7) is 4.08. The lowest BCUT2D eigenvalue weighted by Gasteiger charge is -2.29. The molecule has 1 atom stereocenters. The molecule has 1 fully saturated rings. The molecule has 2 heterocycles. The van der Waals surface area contributed by atoms with Crippen molar-refractivity contribution >= 4 is 11.9 Å².